The minimum atomic E-state index is -0.633. The van der Waals surface area contributed by atoms with Crippen LogP contribution in [0.15, 0.2) is 24.3 Å². The van der Waals surface area contributed by atoms with Crippen LogP contribution in [-0.2, 0) is 14.3 Å². The quantitative estimate of drug-likeness (QED) is 0.506. The predicted octanol–water partition coefficient (Wildman–Crippen LogP) is 3.26. The molecular weight excluding hydrogens is 216 g/mol. The van der Waals surface area contributed by atoms with Crippen molar-refractivity contribution in [3.8, 4) is 0 Å². The molecular formula is C14H24O3. The van der Waals surface area contributed by atoms with Gasteiger partial charge in [0.1, 0.15) is 12.2 Å². The number of rotatable bonds is 7. The molecule has 0 radical (unpaired) electrons. The molecule has 0 saturated carbocycles. The van der Waals surface area contributed by atoms with Crippen LogP contribution >= 0.6 is 0 Å². The first kappa shape index (κ1) is 15.9. The van der Waals surface area contributed by atoms with Gasteiger partial charge >= 0.3 is 5.97 Å². The van der Waals surface area contributed by atoms with Crippen molar-refractivity contribution in [3.63, 3.8) is 0 Å². The lowest BCUT2D eigenvalue weighted by Gasteiger charge is -2.33. The molecule has 2 atom stereocenters. The van der Waals surface area contributed by atoms with E-state index in [1.54, 1.807) is 0 Å². The highest BCUT2D eigenvalue weighted by Gasteiger charge is 2.30. The first-order valence-electron chi connectivity index (χ1n) is 5.95. The minimum absolute atomic E-state index is 0.0114. The Labute approximate surface area is 104 Å². The summed E-state index contributed by atoms with van der Waals surface area (Å²) >= 11 is 0. The highest BCUT2D eigenvalue weighted by Crippen LogP contribution is 2.23. The van der Waals surface area contributed by atoms with E-state index in [1.807, 2.05) is 32.9 Å². The summed E-state index contributed by atoms with van der Waals surface area (Å²) in [6, 6.07) is 0. The summed E-state index contributed by atoms with van der Waals surface area (Å²) in [5, 5.41) is 0. The van der Waals surface area contributed by atoms with Gasteiger partial charge in [0.05, 0.1) is 6.10 Å². The van der Waals surface area contributed by atoms with Crippen molar-refractivity contribution >= 4 is 5.97 Å². The summed E-state index contributed by atoms with van der Waals surface area (Å²) < 4.78 is 11.0. The maximum absolute atomic E-state index is 10.9. The second-order valence-electron chi connectivity index (χ2n) is 4.38. The Hall–Kier alpha value is -1.09. The van der Waals surface area contributed by atoms with Gasteiger partial charge < -0.3 is 9.47 Å². The standard InChI is InChI=1S/C14H24O3/c1-7-9-13(8-2)17-14(6,11(3)4)10-16-12(5)15/h7,9,13H,3,8,10H2,1-2,4-6H3/b9-7-. The number of hydrogen-bond acceptors (Lipinski definition) is 3. The van der Waals surface area contributed by atoms with Gasteiger partial charge in [-0.2, -0.15) is 0 Å². The third-order valence-electron chi connectivity index (χ3n) is 2.67. The van der Waals surface area contributed by atoms with Gasteiger partial charge in [-0.25, -0.2) is 0 Å². The molecule has 0 saturated heterocycles. The number of ether oxygens (including phenoxy) is 2. The van der Waals surface area contributed by atoms with Crippen LogP contribution in [-0.4, -0.2) is 24.3 Å². The zero-order chi connectivity index (χ0) is 13.5. The number of carbonyl (C=O) groups excluding carboxylic acids is 1. The maximum atomic E-state index is 10.9. The second kappa shape index (κ2) is 7.28. The Balaban J connectivity index is 4.70. The van der Waals surface area contributed by atoms with E-state index in [9.17, 15) is 4.79 Å². The Bertz CT molecular complexity index is 294. The van der Waals surface area contributed by atoms with Gasteiger partial charge in [-0.05, 0) is 32.8 Å². The monoisotopic (exact) mass is 240 g/mol. The molecule has 3 nitrogen and oxygen atoms in total. The molecule has 0 aliphatic rings. The molecule has 0 aromatic heterocycles. The van der Waals surface area contributed by atoms with Gasteiger partial charge in [0, 0.05) is 6.92 Å². The van der Waals surface area contributed by atoms with E-state index in [1.165, 1.54) is 6.92 Å². The van der Waals surface area contributed by atoms with Gasteiger partial charge in [0.15, 0.2) is 0 Å². The zero-order valence-corrected chi connectivity index (χ0v) is 11.6. The SMILES string of the molecule is C=C(C)C(C)(COC(C)=O)OC(/C=C\C)CC. The first-order valence-corrected chi connectivity index (χ1v) is 5.95. The molecule has 0 fully saturated rings. The Kier molecular flexibility index (Phi) is 6.81. The molecule has 2 unspecified atom stereocenters. The normalized spacial score (nSPS) is 16.5. The van der Waals surface area contributed by atoms with E-state index in [0.717, 1.165) is 12.0 Å². The smallest absolute Gasteiger partial charge is 0.302 e. The van der Waals surface area contributed by atoms with Gasteiger partial charge in [0.2, 0.25) is 0 Å². The van der Waals surface area contributed by atoms with Crippen molar-refractivity contribution in [2.75, 3.05) is 6.61 Å². The third-order valence-corrected chi connectivity index (χ3v) is 2.67. The second-order valence-corrected chi connectivity index (χ2v) is 4.38. The predicted molar refractivity (Wildman–Crippen MR) is 69.8 cm³/mol. The Morgan fingerprint density at radius 2 is 2.06 bits per heavy atom. The number of esters is 1. The molecule has 3 heteroatoms. The molecule has 0 aromatic rings. The first-order chi connectivity index (χ1) is 7.85. The maximum Gasteiger partial charge on any atom is 0.302 e. The largest absolute Gasteiger partial charge is 0.462 e. The van der Waals surface area contributed by atoms with Crippen molar-refractivity contribution in [2.24, 2.45) is 0 Å². The fourth-order valence-corrected chi connectivity index (χ4v) is 1.30. The van der Waals surface area contributed by atoms with Crippen LogP contribution in [0.1, 0.15) is 41.0 Å². The van der Waals surface area contributed by atoms with Crippen molar-refractivity contribution in [3.05, 3.63) is 24.3 Å². The average Bonchev–Trinajstić information content (AvgIpc) is 2.25. The molecule has 17 heavy (non-hydrogen) atoms. The molecule has 0 heterocycles. The third kappa shape index (κ3) is 5.68. The van der Waals surface area contributed by atoms with E-state index in [2.05, 4.69) is 13.5 Å². The highest BCUT2D eigenvalue weighted by atomic mass is 16.6. The van der Waals surface area contributed by atoms with Gasteiger partial charge in [-0.1, -0.05) is 25.7 Å². The molecule has 0 aliphatic carbocycles. The van der Waals surface area contributed by atoms with Gasteiger partial charge in [0.25, 0.3) is 0 Å². The molecule has 0 bridgehead atoms. The lowest BCUT2D eigenvalue weighted by molar-refractivity contribution is -0.151. The minimum Gasteiger partial charge on any atom is -0.462 e. The lowest BCUT2D eigenvalue weighted by Crippen LogP contribution is -2.39. The molecule has 0 amide bonds. The average molecular weight is 240 g/mol. The summed E-state index contributed by atoms with van der Waals surface area (Å²) in [6.07, 6.45) is 4.83. The topological polar surface area (TPSA) is 35.5 Å². The van der Waals surface area contributed by atoms with Crippen LogP contribution < -0.4 is 0 Å². The molecule has 0 aliphatic heterocycles. The number of carbonyl (C=O) groups is 1. The fraction of sp³-hybridized carbons (Fsp3) is 0.643. The fourth-order valence-electron chi connectivity index (χ4n) is 1.30. The molecule has 0 spiro atoms. The van der Waals surface area contributed by atoms with E-state index in [-0.39, 0.29) is 18.7 Å². The van der Waals surface area contributed by atoms with E-state index < -0.39 is 5.60 Å². The van der Waals surface area contributed by atoms with Crippen LogP contribution in [0, 0.1) is 0 Å². The lowest BCUT2D eigenvalue weighted by atomic mass is 9.99. The molecule has 98 valence electrons. The number of allylic oxidation sites excluding steroid dienone is 1. The Morgan fingerprint density at radius 3 is 2.41 bits per heavy atom. The van der Waals surface area contributed by atoms with E-state index in [4.69, 9.17) is 9.47 Å². The van der Waals surface area contributed by atoms with Crippen molar-refractivity contribution < 1.29 is 14.3 Å². The van der Waals surface area contributed by atoms with Crippen LogP contribution in [0.25, 0.3) is 0 Å². The van der Waals surface area contributed by atoms with Crippen LogP contribution in [0.3, 0.4) is 0 Å². The van der Waals surface area contributed by atoms with Gasteiger partial charge in [-0.15, -0.1) is 0 Å². The summed E-state index contributed by atoms with van der Waals surface area (Å²) in [4.78, 5) is 10.9. The van der Waals surface area contributed by atoms with Gasteiger partial charge in [-0.3, -0.25) is 4.79 Å². The summed E-state index contributed by atoms with van der Waals surface area (Å²) in [5.41, 5.74) is 0.216. The Morgan fingerprint density at radius 1 is 1.47 bits per heavy atom. The van der Waals surface area contributed by atoms with Crippen molar-refractivity contribution in [1.29, 1.82) is 0 Å². The molecule has 0 aromatic carbocycles. The van der Waals surface area contributed by atoms with Crippen LogP contribution in [0.4, 0.5) is 0 Å². The highest BCUT2D eigenvalue weighted by molar-refractivity contribution is 5.66. The van der Waals surface area contributed by atoms with Crippen molar-refractivity contribution in [2.45, 2.75) is 52.7 Å². The summed E-state index contributed by atoms with van der Waals surface area (Å²) in [6.45, 7) is 13.3. The summed E-state index contributed by atoms with van der Waals surface area (Å²) in [7, 11) is 0. The van der Waals surface area contributed by atoms with Crippen molar-refractivity contribution in [1.82, 2.24) is 0 Å². The van der Waals surface area contributed by atoms with Crippen LogP contribution in [0.2, 0.25) is 0 Å². The molecule has 0 rings (SSSR count). The summed E-state index contributed by atoms with van der Waals surface area (Å²) in [5.74, 6) is -0.305. The number of hydrogen-bond donors (Lipinski definition) is 0. The van der Waals surface area contributed by atoms with Crippen LogP contribution in [0.5, 0.6) is 0 Å². The van der Waals surface area contributed by atoms with E-state index in [0.29, 0.717) is 0 Å². The molecule has 0 N–H and O–H groups in total. The zero-order valence-electron chi connectivity index (χ0n) is 11.6. The van der Waals surface area contributed by atoms with E-state index >= 15 is 0 Å².